The first-order valence-corrected chi connectivity index (χ1v) is 12.5. The number of nitrogens with zero attached hydrogens (tertiary/aromatic N) is 4. The number of hydrogen-bond acceptors (Lipinski definition) is 6. The Morgan fingerprint density at radius 1 is 1.23 bits per heavy atom. The molecule has 2 aliphatic rings. The monoisotopic (exact) mass is 475 g/mol. The minimum absolute atomic E-state index is 0.0887. The van der Waals surface area contributed by atoms with Crippen LogP contribution in [0.15, 0.2) is 43.1 Å². The Kier molecular flexibility index (Phi) is 8.05. The normalized spacial score (nSPS) is 20.5. The van der Waals surface area contributed by atoms with Gasteiger partial charge in [-0.3, -0.25) is 14.9 Å². The number of aromatic nitrogens is 2. The number of hydrazine groups is 1. The van der Waals surface area contributed by atoms with Gasteiger partial charge in [0.1, 0.15) is 5.69 Å². The van der Waals surface area contributed by atoms with Crippen molar-refractivity contribution in [1.82, 2.24) is 20.0 Å². The van der Waals surface area contributed by atoms with Gasteiger partial charge in [0.05, 0.1) is 16.7 Å². The Balaban J connectivity index is 1.42. The van der Waals surface area contributed by atoms with Crippen LogP contribution in [0, 0.1) is 5.92 Å². The Labute approximate surface area is 207 Å². The maximum atomic E-state index is 13.2. The van der Waals surface area contributed by atoms with E-state index in [1.165, 1.54) is 37.4 Å². The van der Waals surface area contributed by atoms with Gasteiger partial charge in [-0.2, -0.15) is 5.10 Å². The van der Waals surface area contributed by atoms with Crippen LogP contribution in [-0.4, -0.2) is 58.6 Å². The summed E-state index contributed by atoms with van der Waals surface area (Å²) >= 11 is 0. The number of rotatable bonds is 7. The van der Waals surface area contributed by atoms with Crippen molar-refractivity contribution >= 4 is 29.4 Å². The Hall–Kier alpha value is -3.36. The molecule has 2 aliphatic heterocycles. The number of aromatic amines is 1. The second-order valence-corrected chi connectivity index (χ2v) is 9.40. The van der Waals surface area contributed by atoms with Crippen LogP contribution in [0.1, 0.15) is 48.7 Å². The van der Waals surface area contributed by atoms with Crippen molar-refractivity contribution in [2.75, 3.05) is 37.7 Å². The van der Waals surface area contributed by atoms with E-state index in [4.69, 9.17) is 11.6 Å². The zero-order chi connectivity index (χ0) is 24.8. The highest BCUT2D eigenvalue weighted by molar-refractivity contribution is 5.94. The van der Waals surface area contributed by atoms with Gasteiger partial charge >= 0.3 is 0 Å². The first-order valence-electron chi connectivity index (χ1n) is 12.5. The van der Waals surface area contributed by atoms with Crippen LogP contribution < -0.4 is 27.2 Å². The molecule has 0 radical (unpaired) electrons. The fourth-order valence-electron chi connectivity index (χ4n) is 5.06. The van der Waals surface area contributed by atoms with Crippen LogP contribution in [0.25, 0.3) is 17.8 Å². The summed E-state index contributed by atoms with van der Waals surface area (Å²) < 4.78 is 0. The summed E-state index contributed by atoms with van der Waals surface area (Å²) in [6, 6.07) is 7.35. The third kappa shape index (κ3) is 5.83. The van der Waals surface area contributed by atoms with Gasteiger partial charge in [0.2, 0.25) is 0 Å². The number of carbonyl (C=O) groups is 1. The molecular weight excluding hydrogens is 438 g/mol. The maximum Gasteiger partial charge on any atom is 0.253 e. The lowest BCUT2D eigenvalue weighted by Gasteiger charge is -2.34. The Bertz CT molecular complexity index is 1180. The van der Waals surface area contributed by atoms with Gasteiger partial charge in [-0.25, -0.2) is 5.84 Å². The maximum absolute atomic E-state index is 13.2. The number of likely N-dealkylation sites (tertiary alicyclic amines) is 2. The number of carbonyl (C=O) groups excluding carboxylic acids is 1. The summed E-state index contributed by atoms with van der Waals surface area (Å²) in [5.74, 6) is 6.91. The van der Waals surface area contributed by atoms with Crippen molar-refractivity contribution in [2.24, 2.45) is 17.5 Å². The van der Waals surface area contributed by atoms with Crippen LogP contribution in [0.5, 0.6) is 0 Å². The van der Waals surface area contributed by atoms with E-state index in [9.17, 15) is 4.79 Å². The van der Waals surface area contributed by atoms with Gasteiger partial charge in [0.25, 0.3) is 5.91 Å². The second kappa shape index (κ2) is 11.4. The molecular formula is C27H37N7O. The standard InChI is InChI=1S/C27H37N7O/c1-3-8-23-25(4-2)30-31-26(23)24(28)19-34(29)22-12-10-21(11-13-22)27(35)33-16-7-9-20(18-33)17-32-14-5-6-15-32/h3-4,8,10-13,19-20,30H,1,5-7,9,14-18,28-29H2,2H3/b23-8+,24-19-,25-4+. The average Bonchev–Trinajstić information content (AvgIpc) is 3.54. The molecule has 2 aromatic rings. The minimum Gasteiger partial charge on any atom is -0.396 e. The predicted octanol–water partition coefficient (Wildman–Crippen LogP) is 1.76. The highest BCUT2D eigenvalue weighted by Crippen LogP contribution is 2.22. The quantitative estimate of drug-likeness (QED) is 0.416. The van der Waals surface area contributed by atoms with Crippen LogP contribution in [0.3, 0.4) is 0 Å². The molecule has 1 amide bonds. The summed E-state index contributed by atoms with van der Waals surface area (Å²) in [4.78, 5) is 17.7. The number of allylic oxidation sites excluding steroid dienone is 1. The van der Waals surface area contributed by atoms with Crippen LogP contribution in [-0.2, 0) is 0 Å². The average molecular weight is 476 g/mol. The number of H-pyrrole nitrogens is 1. The lowest BCUT2D eigenvalue weighted by molar-refractivity contribution is 0.0648. The van der Waals surface area contributed by atoms with Crippen molar-refractivity contribution in [3.05, 3.63) is 64.9 Å². The summed E-state index contributed by atoms with van der Waals surface area (Å²) in [5.41, 5.74) is 8.73. The van der Waals surface area contributed by atoms with Crippen molar-refractivity contribution in [1.29, 1.82) is 0 Å². The highest BCUT2D eigenvalue weighted by Gasteiger charge is 2.26. The number of amides is 1. The zero-order valence-corrected chi connectivity index (χ0v) is 20.6. The molecule has 1 atom stereocenters. The Morgan fingerprint density at radius 2 is 1.97 bits per heavy atom. The molecule has 4 rings (SSSR count). The minimum atomic E-state index is 0.0887. The SMILES string of the molecule is C=C/C=c1/c(/C(N)=C/N(N)c2ccc(C(=O)N3CCCC(CN4CCCC4)C3)cc2)n[nH]/c1=C/C. The predicted molar refractivity (Wildman–Crippen MR) is 142 cm³/mol. The van der Waals surface area contributed by atoms with Crippen molar-refractivity contribution in [3.63, 3.8) is 0 Å². The number of nitrogens with one attached hydrogen (secondary N) is 1. The summed E-state index contributed by atoms with van der Waals surface area (Å²) in [6.45, 7) is 10.9. The number of nitrogens with two attached hydrogens (primary N) is 2. The molecule has 5 N–H and O–H groups in total. The molecule has 3 heterocycles. The number of benzene rings is 1. The lowest BCUT2D eigenvalue weighted by atomic mass is 9.96. The van der Waals surface area contributed by atoms with Gasteiger partial charge in [-0.15, -0.1) is 0 Å². The van der Waals surface area contributed by atoms with Gasteiger partial charge in [-0.05, 0) is 75.9 Å². The van der Waals surface area contributed by atoms with Gasteiger partial charge in [0, 0.05) is 36.6 Å². The zero-order valence-electron chi connectivity index (χ0n) is 20.6. The fourth-order valence-corrected chi connectivity index (χ4v) is 5.06. The molecule has 1 aromatic heterocycles. The van der Waals surface area contributed by atoms with Gasteiger partial charge in [0.15, 0.2) is 0 Å². The van der Waals surface area contributed by atoms with Crippen molar-refractivity contribution in [2.45, 2.75) is 32.6 Å². The summed E-state index contributed by atoms with van der Waals surface area (Å²) in [6.07, 6.45) is 12.0. The first-order chi connectivity index (χ1) is 17.0. The Morgan fingerprint density at radius 3 is 2.66 bits per heavy atom. The first kappa shape index (κ1) is 24.8. The van der Waals surface area contributed by atoms with E-state index in [0.717, 1.165) is 42.3 Å². The number of anilines is 1. The smallest absolute Gasteiger partial charge is 0.253 e. The molecule has 1 aromatic carbocycles. The molecule has 0 spiro atoms. The van der Waals surface area contributed by atoms with Crippen LogP contribution in [0.4, 0.5) is 5.69 Å². The van der Waals surface area contributed by atoms with Crippen LogP contribution in [0.2, 0.25) is 0 Å². The lowest BCUT2D eigenvalue weighted by Crippen LogP contribution is -2.43. The highest BCUT2D eigenvalue weighted by atomic mass is 16.2. The third-order valence-corrected chi connectivity index (χ3v) is 6.89. The molecule has 186 valence electrons. The van der Waals surface area contributed by atoms with E-state index < -0.39 is 0 Å². The van der Waals surface area contributed by atoms with Crippen molar-refractivity contribution in [3.8, 4) is 0 Å². The van der Waals surface area contributed by atoms with E-state index >= 15 is 0 Å². The van der Waals surface area contributed by atoms with Gasteiger partial charge < -0.3 is 15.5 Å². The largest absolute Gasteiger partial charge is 0.396 e. The van der Waals surface area contributed by atoms with Crippen molar-refractivity contribution < 1.29 is 4.79 Å². The van der Waals surface area contributed by atoms with Crippen LogP contribution >= 0.6 is 0 Å². The van der Waals surface area contributed by atoms with E-state index in [-0.39, 0.29) is 5.91 Å². The van der Waals surface area contributed by atoms with E-state index in [2.05, 4.69) is 21.7 Å². The molecule has 8 nitrogen and oxygen atoms in total. The van der Waals surface area contributed by atoms with E-state index in [1.54, 1.807) is 12.3 Å². The molecule has 1 unspecified atom stereocenters. The van der Waals surface area contributed by atoms with E-state index in [0.29, 0.717) is 22.9 Å². The fraction of sp³-hybridized carbons (Fsp3) is 0.407. The molecule has 2 saturated heterocycles. The molecule has 8 heteroatoms. The number of piperidine rings is 1. The molecule has 0 saturated carbocycles. The molecule has 0 bridgehead atoms. The summed E-state index contributed by atoms with van der Waals surface area (Å²) in [5, 5.41) is 10.4. The molecule has 2 fully saturated rings. The second-order valence-electron chi connectivity index (χ2n) is 9.40. The van der Waals surface area contributed by atoms with E-state index in [1.807, 2.05) is 48.2 Å². The molecule has 35 heavy (non-hydrogen) atoms. The molecule has 0 aliphatic carbocycles. The number of hydrogen-bond donors (Lipinski definition) is 3. The van der Waals surface area contributed by atoms with Gasteiger partial charge in [-0.1, -0.05) is 24.8 Å². The topological polar surface area (TPSA) is 108 Å². The third-order valence-electron chi connectivity index (χ3n) is 6.89. The summed E-state index contributed by atoms with van der Waals surface area (Å²) in [7, 11) is 0.